The van der Waals surface area contributed by atoms with E-state index in [0.717, 1.165) is 25.1 Å². The van der Waals surface area contributed by atoms with E-state index in [-0.39, 0.29) is 6.10 Å². The molecule has 0 amide bonds. The lowest BCUT2D eigenvalue weighted by molar-refractivity contribution is 0.242. The Labute approximate surface area is 134 Å². The first-order valence-electron chi connectivity index (χ1n) is 8.16. The molecule has 22 heavy (non-hydrogen) atoms. The van der Waals surface area contributed by atoms with Gasteiger partial charge in [0.2, 0.25) is 0 Å². The van der Waals surface area contributed by atoms with E-state index in [4.69, 9.17) is 4.74 Å². The van der Waals surface area contributed by atoms with Crippen molar-refractivity contribution >= 4 is 0 Å². The SMILES string of the molecule is CC(CCc1ccccc1)NCc1ccc(OC(C)C)cc1. The lowest BCUT2D eigenvalue weighted by Crippen LogP contribution is -2.25. The summed E-state index contributed by atoms with van der Waals surface area (Å²) in [5.74, 6) is 0.941. The quantitative estimate of drug-likeness (QED) is 0.770. The van der Waals surface area contributed by atoms with Gasteiger partial charge in [-0.25, -0.2) is 0 Å². The summed E-state index contributed by atoms with van der Waals surface area (Å²) in [5.41, 5.74) is 2.70. The molecule has 0 radical (unpaired) electrons. The predicted molar refractivity (Wildman–Crippen MR) is 93.3 cm³/mol. The van der Waals surface area contributed by atoms with Gasteiger partial charge in [0.25, 0.3) is 0 Å². The predicted octanol–water partition coefficient (Wildman–Crippen LogP) is 4.58. The van der Waals surface area contributed by atoms with Crippen LogP contribution >= 0.6 is 0 Å². The molecule has 1 unspecified atom stereocenters. The summed E-state index contributed by atoms with van der Waals surface area (Å²) >= 11 is 0. The summed E-state index contributed by atoms with van der Waals surface area (Å²) in [6.45, 7) is 7.24. The molecule has 0 aliphatic rings. The molecule has 0 aliphatic carbocycles. The van der Waals surface area contributed by atoms with E-state index in [9.17, 15) is 0 Å². The van der Waals surface area contributed by atoms with Gasteiger partial charge in [-0.05, 0) is 56.9 Å². The van der Waals surface area contributed by atoms with Gasteiger partial charge in [-0.1, -0.05) is 42.5 Å². The summed E-state index contributed by atoms with van der Waals surface area (Å²) in [5, 5.41) is 3.59. The maximum atomic E-state index is 5.66. The van der Waals surface area contributed by atoms with Crippen LogP contribution in [0.15, 0.2) is 54.6 Å². The Hall–Kier alpha value is -1.80. The molecule has 2 heteroatoms. The van der Waals surface area contributed by atoms with Crippen LogP contribution < -0.4 is 10.1 Å². The van der Waals surface area contributed by atoms with Crippen LogP contribution in [0.25, 0.3) is 0 Å². The average molecular weight is 297 g/mol. The van der Waals surface area contributed by atoms with Crippen molar-refractivity contribution in [1.29, 1.82) is 0 Å². The number of hydrogen-bond acceptors (Lipinski definition) is 2. The van der Waals surface area contributed by atoms with Crippen LogP contribution in [0.2, 0.25) is 0 Å². The van der Waals surface area contributed by atoms with Gasteiger partial charge in [-0.15, -0.1) is 0 Å². The van der Waals surface area contributed by atoms with E-state index in [0.29, 0.717) is 6.04 Å². The van der Waals surface area contributed by atoms with Crippen molar-refractivity contribution in [2.75, 3.05) is 0 Å². The Kier molecular flexibility index (Phi) is 6.47. The van der Waals surface area contributed by atoms with Crippen LogP contribution in [-0.4, -0.2) is 12.1 Å². The first kappa shape index (κ1) is 16.6. The van der Waals surface area contributed by atoms with E-state index < -0.39 is 0 Å². The number of rotatable bonds is 8. The minimum absolute atomic E-state index is 0.224. The van der Waals surface area contributed by atoms with E-state index in [2.05, 4.69) is 54.7 Å². The zero-order chi connectivity index (χ0) is 15.8. The van der Waals surface area contributed by atoms with Crippen molar-refractivity contribution in [2.24, 2.45) is 0 Å². The fraction of sp³-hybridized carbons (Fsp3) is 0.400. The minimum Gasteiger partial charge on any atom is -0.491 e. The van der Waals surface area contributed by atoms with Crippen LogP contribution in [0.3, 0.4) is 0 Å². The lowest BCUT2D eigenvalue weighted by Gasteiger charge is -2.14. The van der Waals surface area contributed by atoms with Crippen molar-refractivity contribution in [1.82, 2.24) is 5.32 Å². The third-order valence-electron chi connectivity index (χ3n) is 3.66. The highest BCUT2D eigenvalue weighted by Crippen LogP contribution is 2.14. The average Bonchev–Trinajstić information content (AvgIpc) is 2.53. The monoisotopic (exact) mass is 297 g/mol. The van der Waals surface area contributed by atoms with E-state index >= 15 is 0 Å². The van der Waals surface area contributed by atoms with Crippen LogP contribution in [0.1, 0.15) is 38.3 Å². The molecule has 0 saturated heterocycles. The third kappa shape index (κ3) is 5.90. The second-order valence-electron chi connectivity index (χ2n) is 6.12. The van der Waals surface area contributed by atoms with Crippen molar-refractivity contribution in [3.05, 3.63) is 65.7 Å². The molecule has 0 spiro atoms. The van der Waals surface area contributed by atoms with E-state index in [1.54, 1.807) is 0 Å². The summed E-state index contributed by atoms with van der Waals surface area (Å²) < 4.78 is 5.66. The number of benzene rings is 2. The second-order valence-corrected chi connectivity index (χ2v) is 6.12. The fourth-order valence-electron chi connectivity index (χ4n) is 2.38. The van der Waals surface area contributed by atoms with Gasteiger partial charge in [-0.3, -0.25) is 0 Å². The largest absolute Gasteiger partial charge is 0.491 e. The lowest BCUT2D eigenvalue weighted by atomic mass is 10.1. The fourth-order valence-corrected chi connectivity index (χ4v) is 2.38. The topological polar surface area (TPSA) is 21.3 Å². The second kappa shape index (κ2) is 8.60. The summed E-state index contributed by atoms with van der Waals surface area (Å²) in [6, 6.07) is 19.5. The van der Waals surface area contributed by atoms with Crippen LogP contribution in [0, 0.1) is 0 Å². The number of ether oxygens (including phenoxy) is 1. The minimum atomic E-state index is 0.224. The van der Waals surface area contributed by atoms with Crippen molar-refractivity contribution in [3.8, 4) is 5.75 Å². The smallest absolute Gasteiger partial charge is 0.119 e. The molecule has 1 atom stereocenters. The van der Waals surface area contributed by atoms with Gasteiger partial charge in [0.05, 0.1) is 6.10 Å². The van der Waals surface area contributed by atoms with Gasteiger partial charge in [0, 0.05) is 12.6 Å². The maximum Gasteiger partial charge on any atom is 0.119 e. The van der Waals surface area contributed by atoms with E-state index in [1.807, 2.05) is 26.0 Å². The molecular formula is C20H27NO. The molecule has 0 saturated carbocycles. The van der Waals surface area contributed by atoms with Crippen molar-refractivity contribution in [3.63, 3.8) is 0 Å². The molecule has 118 valence electrons. The molecule has 0 bridgehead atoms. The van der Waals surface area contributed by atoms with Crippen LogP contribution in [-0.2, 0) is 13.0 Å². The molecule has 0 aliphatic heterocycles. The molecule has 2 rings (SSSR count). The normalized spacial score (nSPS) is 12.4. The van der Waals surface area contributed by atoms with Gasteiger partial charge in [0.1, 0.15) is 5.75 Å². The molecule has 0 aromatic heterocycles. The van der Waals surface area contributed by atoms with Crippen LogP contribution in [0.5, 0.6) is 5.75 Å². The Morgan fingerprint density at radius 2 is 1.55 bits per heavy atom. The molecule has 1 N–H and O–H groups in total. The van der Waals surface area contributed by atoms with Gasteiger partial charge >= 0.3 is 0 Å². The highest BCUT2D eigenvalue weighted by Gasteiger charge is 2.03. The summed E-state index contributed by atoms with van der Waals surface area (Å²) in [6.07, 6.45) is 2.50. The standard InChI is InChI=1S/C20H27NO/c1-16(2)22-20-13-11-19(12-14-20)15-21-17(3)9-10-18-7-5-4-6-8-18/h4-8,11-14,16-17,21H,9-10,15H2,1-3H3. The Morgan fingerprint density at radius 3 is 2.18 bits per heavy atom. The first-order chi connectivity index (χ1) is 10.6. The third-order valence-corrected chi connectivity index (χ3v) is 3.66. The van der Waals surface area contributed by atoms with Crippen LogP contribution in [0.4, 0.5) is 0 Å². The van der Waals surface area contributed by atoms with E-state index in [1.165, 1.54) is 11.1 Å². The molecule has 2 nitrogen and oxygen atoms in total. The summed E-state index contributed by atoms with van der Waals surface area (Å²) in [7, 11) is 0. The van der Waals surface area contributed by atoms with Crippen molar-refractivity contribution in [2.45, 2.75) is 52.3 Å². The molecule has 2 aromatic rings. The Balaban J connectivity index is 1.72. The number of hydrogen-bond donors (Lipinski definition) is 1. The molecular weight excluding hydrogens is 270 g/mol. The Morgan fingerprint density at radius 1 is 0.864 bits per heavy atom. The number of nitrogens with one attached hydrogen (secondary N) is 1. The van der Waals surface area contributed by atoms with Gasteiger partial charge in [-0.2, -0.15) is 0 Å². The first-order valence-corrected chi connectivity index (χ1v) is 8.16. The zero-order valence-corrected chi connectivity index (χ0v) is 13.9. The summed E-state index contributed by atoms with van der Waals surface area (Å²) in [4.78, 5) is 0. The van der Waals surface area contributed by atoms with Gasteiger partial charge in [0.15, 0.2) is 0 Å². The molecule has 0 heterocycles. The highest BCUT2D eigenvalue weighted by atomic mass is 16.5. The number of aryl methyl sites for hydroxylation is 1. The van der Waals surface area contributed by atoms with Crippen molar-refractivity contribution < 1.29 is 4.74 Å². The Bertz CT molecular complexity index is 533. The zero-order valence-electron chi connectivity index (χ0n) is 13.9. The molecule has 2 aromatic carbocycles. The maximum absolute atomic E-state index is 5.66. The molecule has 0 fully saturated rings. The van der Waals surface area contributed by atoms with Gasteiger partial charge < -0.3 is 10.1 Å². The highest BCUT2D eigenvalue weighted by molar-refractivity contribution is 5.27.